The van der Waals surface area contributed by atoms with E-state index in [0.717, 1.165) is 55.0 Å². The van der Waals surface area contributed by atoms with Crippen molar-refractivity contribution in [2.75, 3.05) is 6.61 Å². The molecule has 1 N–H and O–H groups in total. The molecule has 2 heteroatoms. The molecule has 0 bridgehead atoms. The second kappa shape index (κ2) is 9.13. The van der Waals surface area contributed by atoms with Crippen molar-refractivity contribution in [2.45, 2.75) is 118 Å². The number of hydrogen-bond acceptors (Lipinski definition) is 2. The Labute approximate surface area is 192 Å². The highest BCUT2D eigenvalue weighted by Crippen LogP contribution is 2.67. The van der Waals surface area contributed by atoms with Crippen molar-refractivity contribution >= 4 is 0 Å². The molecule has 0 saturated heterocycles. The molecule has 2 nitrogen and oxygen atoms in total. The topological polar surface area (TPSA) is 29.5 Å². The number of rotatable bonds is 7. The Kier molecular flexibility index (Phi) is 7.01. The van der Waals surface area contributed by atoms with Crippen LogP contribution in [0, 0.1) is 46.3 Å². The van der Waals surface area contributed by atoms with Gasteiger partial charge in [0.1, 0.15) is 0 Å². The molecule has 4 rings (SSSR count). The van der Waals surface area contributed by atoms with Crippen LogP contribution in [0.25, 0.3) is 0 Å². The Balaban J connectivity index is 1.54. The number of aliphatic hydroxyl groups excluding tert-OH is 1. The maximum absolute atomic E-state index is 10.5. The van der Waals surface area contributed by atoms with Gasteiger partial charge in [0, 0.05) is 18.4 Å². The number of aliphatic hydroxyl groups is 1. The molecule has 0 aliphatic heterocycles. The van der Waals surface area contributed by atoms with Gasteiger partial charge in [0.2, 0.25) is 0 Å². The third-order valence-corrected chi connectivity index (χ3v) is 10.7. The first-order chi connectivity index (χ1) is 14.7. The lowest BCUT2D eigenvalue weighted by molar-refractivity contribution is -0.128. The van der Waals surface area contributed by atoms with Crippen LogP contribution in [0.1, 0.15) is 106 Å². The zero-order valence-corrected chi connectivity index (χ0v) is 21.3. The molecule has 4 aliphatic carbocycles. The molecule has 31 heavy (non-hydrogen) atoms. The minimum Gasteiger partial charge on any atom is -0.393 e. The van der Waals surface area contributed by atoms with Gasteiger partial charge in [0.05, 0.1) is 12.2 Å². The molecular weight excluding hydrogens is 380 g/mol. The number of allylic oxidation sites excluding steroid dienone is 1. The van der Waals surface area contributed by atoms with E-state index in [-0.39, 0.29) is 17.6 Å². The Hall–Kier alpha value is -0.340. The van der Waals surface area contributed by atoms with Gasteiger partial charge in [-0.15, -0.1) is 0 Å². The number of ether oxygens (including phenoxy) is 1. The summed E-state index contributed by atoms with van der Waals surface area (Å²) >= 11 is 0. The first kappa shape index (κ1) is 23.8. The van der Waals surface area contributed by atoms with Crippen LogP contribution >= 0.6 is 0 Å². The molecule has 9 atom stereocenters. The molecule has 3 fully saturated rings. The molecule has 3 saturated carbocycles. The summed E-state index contributed by atoms with van der Waals surface area (Å²) in [5, 5.41) is 10.5. The number of fused-ring (bicyclic) bond motifs is 5. The normalized spacial score (nSPS) is 45.6. The molecule has 0 amide bonds. The van der Waals surface area contributed by atoms with E-state index in [4.69, 9.17) is 4.74 Å². The molecule has 0 aromatic rings. The first-order valence-corrected chi connectivity index (χ1v) is 13.7. The zero-order chi connectivity index (χ0) is 22.4. The van der Waals surface area contributed by atoms with E-state index in [1.54, 1.807) is 0 Å². The minimum absolute atomic E-state index is 0.139. The lowest BCUT2D eigenvalue weighted by Crippen LogP contribution is -2.56. The van der Waals surface area contributed by atoms with Crippen molar-refractivity contribution in [2.24, 2.45) is 46.3 Å². The maximum Gasteiger partial charge on any atom is 0.0693 e. The second-order valence-electron chi connectivity index (χ2n) is 12.7. The smallest absolute Gasteiger partial charge is 0.0693 e. The summed E-state index contributed by atoms with van der Waals surface area (Å²) in [6.07, 6.45) is 15.4. The summed E-state index contributed by atoms with van der Waals surface area (Å²) in [6.45, 7) is 15.4. The van der Waals surface area contributed by atoms with Crippen molar-refractivity contribution in [1.29, 1.82) is 0 Å². The highest BCUT2D eigenvalue weighted by Gasteiger charge is 2.61. The predicted molar refractivity (Wildman–Crippen MR) is 130 cm³/mol. The molecular formula is C29H50O2. The van der Waals surface area contributed by atoms with Gasteiger partial charge in [-0.3, -0.25) is 0 Å². The van der Waals surface area contributed by atoms with Crippen LogP contribution in [-0.2, 0) is 4.74 Å². The Bertz CT molecular complexity index is 653. The Morgan fingerprint density at radius 2 is 1.87 bits per heavy atom. The molecule has 178 valence electrons. The van der Waals surface area contributed by atoms with E-state index in [0.29, 0.717) is 5.41 Å². The predicted octanol–water partition coefficient (Wildman–Crippen LogP) is 7.40. The second-order valence-corrected chi connectivity index (χ2v) is 12.7. The van der Waals surface area contributed by atoms with E-state index >= 15 is 0 Å². The maximum atomic E-state index is 10.5. The molecule has 0 heterocycles. The van der Waals surface area contributed by atoms with Gasteiger partial charge in [0.25, 0.3) is 0 Å². The summed E-state index contributed by atoms with van der Waals surface area (Å²) in [5.74, 6) is 5.07. The fraction of sp³-hybridized carbons (Fsp3) is 0.931. The van der Waals surface area contributed by atoms with E-state index < -0.39 is 0 Å². The fourth-order valence-electron chi connectivity index (χ4n) is 9.14. The van der Waals surface area contributed by atoms with Gasteiger partial charge in [-0.25, -0.2) is 0 Å². The third kappa shape index (κ3) is 4.07. The lowest BCUT2D eigenvalue weighted by Gasteiger charge is -2.60. The van der Waals surface area contributed by atoms with Crippen molar-refractivity contribution in [3.05, 3.63) is 11.6 Å². The Morgan fingerprint density at radius 1 is 1.10 bits per heavy atom. The molecule has 0 radical (unpaired) electrons. The third-order valence-electron chi connectivity index (χ3n) is 10.7. The SMILES string of the molecule is CCOC1C[C@H](O)CC2=CC[C@H]3[C@@H]4CC[C@H]([C@H](C)CCCC(C)C)[C@@]4(C)CC[C@@H]3[C@]21C. The minimum atomic E-state index is -0.219. The monoisotopic (exact) mass is 430 g/mol. The summed E-state index contributed by atoms with van der Waals surface area (Å²) in [4.78, 5) is 0. The van der Waals surface area contributed by atoms with Crippen LogP contribution in [0.3, 0.4) is 0 Å². The van der Waals surface area contributed by atoms with Crippen LogP contribution in [0.5, 0.6) is 0 Å². The van der Waals surface area contributed by atoms with Gasteiger partial charge in [-0.2, -0.15) is 0 Å². The van der Waals surface area contributed by atoms with Crippen LogP contribution in [0.4, 0.5) is 0 Å². The van der Waals surface area contributed by atoms with Crippen LogP contribution in [0.2, 0.25) is 0 Å². The molecule has 1 unspecified atom stereocenters. The average Bonchev–Trinajstić information content (AvgIpc) is 3.06. The fourth-order valence-corrected chi connectivity index (χ4v) is 9.14. The molecule has 4 aliphatic rings. The van der Waals surface area contributed by atoms with Crippen molar-refractivity contribution in [3.8, 4) is 0 Å². The molecule has 0 aromatic heterocycles. The molecule has 0 aromatic carbocycles. The van der Waals surface area contributed by atoms with Gasteiger partial charge < -0.3 is 9.84 Å². The van der Waals surface area contributed by atoms with Gasteiger partial charge >= 0.3 is 0 Å². The van der Waals surface area contributed by atoms with Crippen LogP contribution in [0.15, 0.2) is 11.6 Å². The van der Waals surface area contributed by atoms with E-state index in [1.807, 2.05) is 0 Å². The largest absolute Gasteiger partial charge is 0.393 e. The quantitative estimate of drug-likeness (QED) is 0.426. The highest BCUT2D eigenvalue weighted by molar-refractivity contribution is 5.28. The highest BCUT2D eigenvalue weighted by atomic mass is 16.5. The van der Waals surface area contributed by atoms with Gasteiger partial charge in [0.15, 0.2) is 0 Å². The zero-order valence-electron chi connectivity index (χ0n) is 21.3. The standard InChI is InChI=1S/C29H50O2/c1-7-31-27-18-22(30)17-21-11-12-23-25-14-13-24(20(4)10-8-9-19(2)3)28(25,5)16-15-26(23)29(21,27)6/h11,19-20,22-27,30H,7-10,12-18H2,1-6H3/t20-,22-,23+,24-,25+,26+,27?,28-,29+/m1/s1. The molecule has 0 spiro atoms. The first-order valence-electron chi connectivity index (χ1n) is 13.7. The number of hydrogen-bond donors (Lipinski definition) is 1. The van der Waals surface area contributed by atoms with Crippen molar-refractivity contribution in [1.82, 2.24) is 0 Å². The summed E-state index contributed by atoms with van der Waals surface area (Å²) in [7, 11) is 0. The van der Waals surface area contributed by atoms with Crippen molar-refractivity contribution in [3.63, 3.8) is 0 Å². The van der Waals surface area contributed by atoms with E-state index in [1.165, 1.54) is 56.9 Å². The summed E-state index contributed by atoms with van der Waals surface area (Å²) in [5.41, 5.74) is 2.20. The summed E-state index contributed by atoms with van der Waals surface area (Å²) < 4.78 is 6.33. The summed E-state index contributed by atoms with van der Waals surface area (Å²) in [6, 6.07) is 0. The van der Waals surface area contributed by atoms with Gasteiger partial charge in [-0.1, -0.05) is 65.5 Å². The van der Waals surface area contributed by atoms with Crippen LogP contribution in [-0.4, -0.2) is 23.9 Å². The van der Waals surface area contributed by atoms with E-state index in [2.05, 4.69) is 47.6 Å². The lowest BCUT2D eigenvalue weighted by atomic mass is 9.46. The van der Waals surface area contributed by atoms with E-state index in [9.17, 15) is 5.11 Å². The van der Waals surface area contributed by atoms with Crippen molar-refractivity contribution < 1.29 is 9.84 Å². The average molecular weight is 431 g/mol. The van der Waals surface area contributed by atoms with Gasteiger partial charge in [-0.05, 0) is 86.4 Å². The Morgan fingerprint density at radius 3 is 2.58 bits per heavy atom. The van der Waals surface area contributed by atoms with Crippen LogP contribution < -0.4 is 0 Å².